The number of aryl methyl sites for hydroxylation is 1. The first-order valence-electron chi connectivity index (χ1n) is 11.5. The van der Waals surface area contributed by atoms with Crippen molar-refractivity contribution in [3.63, 3.8) is 0 Å². The molecule has 3 atom stereocenters. The van der Waals surface area contributed by atoms with Gasteiger partial charge >= 0.3 is 5.97 Å². The number of ether oxygens (including phenoxy) is 1. The Kier molecular flexibility index (Phi) is 6.98. The number of hydrogen-bond acceptors (Lipinski definition) is 4. The molecule has 0 saturated heterocycles. The van der Waals surface area contributed by atoms with Gasteiger partial charge < -0.3 is 15.6 Å². The Morgan fingerprint density at radius 1 is 1.23 bits per heavy atom. The first kappa shape index (κ1) is 23.2. The van der Waals surface area contributed by atoms with Crippen molar-refractivity contribution in [2.24, 2.45) is 23.0 Å². The molecule has 2 aliphatic rings. The van der Waals surface area contributed by atoms with Crippen LogP contribution in [0.15, 0.2) is 65.6 Å². The molecule has 4 heteroatoms. The molecular formula is C27H37NO3. The minimum Gasteiger partial charge on any atom is -0.512 e. The SMILES string of the molecule is CCC[C@@]1(CCc2ccccc2)CC(O)=C([C@H](C2C=CC=C(N)C2)C(C)(C)C)C(=O)O1. The molecular weight excluding hydrogens is 386 g/mol. The number of aliphatic hydroxyl groups is 1. The number of hydrogen-bond donors (Lipinski definition) is 2. The highest BCUT2D eigenvalue weighted by atomic mass is 16.6. The van der Waals surface area contributed by atoms with Gasteiger partial charge in [-0.25, -0.2) is 4.79 Å². The lowest BCUT2D eigenvalue weighted by molar-refractivity contribution is -0.162. The summed E-state index contributed by atoms with van der Waals surface area (Å²) in [7, 11) is 0. The predicted molar refractivity (Wildman–Crippen MR) is 125 cm³/mol. The Bertz CT molecular complexity index is 875. The van der Waals surface area contributed by atoms with Crippen LogP contribution in [0.2, 0.25) is 0 Å². The molecule has 0 saturated carbocycles. The number of rotatable bonds is 7. The van der Waals surface area contributed by atoms with Crippen LogP contribution < -0.4 is 5.73 Å². The van der Waals surface area contributed by atoms with Gasteiger partial charge in [-0.15, -0.1) is 0 Å². The number of aliphatic hydroxyl groups excluding tert-OH is 1. The maximum absolute atomic E-state index is 13.4. The molecule has 0 bridgehead atoms. The molecule has 0 amide bonds. The highest BCUT2D eigenvalue weighted by molar-refractivity contribution is 5.91. The molecule has 4 nitrogen and oxygen atoms in total. The van der Waals surface area contributed by atoms with Gasteiger partial charge in [-0.1, -0.05) is 76.6 Å². The van der Waals surface area contributed by atoms with Gasteiger partial charge in [0.15, 0.2) is 0 Å². The molecule has 3 rings (SSSR count). The van der Waals surface area contributed by atoms with Crippen LogP contribution in [0.25, 0.3) is 0 Å². The van der Waals surface area contributed by atoms with Crippen molar-refractivity contribution in [2.75, 3.05) is 0 Å². The van der Waals surface area contributed by atoms with Gasteiger partial charge in [-0.05, 0) is 48.7 Å². The van der Waals surface area contributed by atoms with Gasteiger partial charge in [0.25, 0.3) is 0 Å². The zero-order valence-corrected chi connectivity index (χ0v) is 19.4. The van der Waals surface area contributed by atoms with Crippen LogP contribution in [0, 0.1) is 17.3 Å². The molecule has 1 unspecified atom stereocenters. The molecule has 0 spiro atoms. The number of cyclic esters (lactones) is 1. The van der Waals surface area contributed by atoms with Crippen LogP contribution in [0.1, 0.15) is 65.4 Å². The largest absolute Gasteiger partial charge is 0.512 e. The second-order valence-electron chi connectivity index (χ2n) is 10.2. The van der Waals surface area contributed by atoms with E-state index in [9.17, 15) is 9.90 Å². The van der Waals surface area contributed by atoms with E-state index in [0.717, 1.165) is 25.0 Å². The van der Waals surface area contributed by atoms with Crippen LogP contribution in [0.5, 0.6) is 0 Å². The predicted octanol–water partition coefficient (Wildman–Crippen LogP) is 6.00. The number of carbonyl (C=O) groups is 1. The Morgan fingerprint density at radius 2 is 1.94 bits per heavy atom. The molecule has 168 valence electrons. The highest BCUT2D eigenvalue weighted by Crippen LogP contribution is 2.47. The third kappa shape index (κ3) is 5.41. The zero-order valence-electron chi connectivity index (χ0n) is 19.4. The average molecular weight is 424 g/mol. The fourth-order valence-corrected chi connectivity index (χ4v) is 5.24. The molecule has 1 aromatic carbocycles. The van der Waals surface area contributed by atoms with Crippen molar-refractivity contribution in [3.8, 4) is 0 Å². The summed E-state index contributed by atoms with van der Waals surface area (Å²) in [5.74, 6) is -0.291. The van der Waals surface area contributed by atoms with Crippen molar-refractivity contribution >= 4 is 5.97 Å². The molecule has 3 N–H and O–H groups in total. The minimum absolute atomic E-state index is 0.0534. The lowest BCUT2D eigenvalue weighted by Gasteiger charge is -2.43. The van der Waals surface area contributed by atoms with E-state index >= 15 is 0 Å². The van der Waals surface area contributed by atoms with Gasteiger partial charge in [0.2, 0.25) is 0 Å². The van der Waals surface area contributed by atoms with Crippen LogP contribution in [-0.4, -0.2) is 16.7 Å². The Labute approximate surface area is 186 Å². The Balaban J connectivity index is 1.90. The summed E-state index contributed by atoms with van der Waals surface area (Å²) in [6.07, 6.45) is 10.2. The highest BCUT2D eigenvalue weighted by Gasteiger charge is 2.47. The van der Waals surface area contributed by atoms with Crippen molar-refractivity contribution in [1.29, 1.82) is 0 Å². The van der Waals surface area contributed by atoms with Crippen LogP contribution in [-0.2, 0) is 16.0 Å². The quantitative estimate of drug-likeness (QED) is 0.528. The molecule has 1 aliphatic carbocycles. The van der Waals surface area contributed by atoms with Gasteiger partial charge in [0.1, 0.15) is 11.4 Å². The summed E-state index contributed by atoms with van der Waals surface area (Å²) in [5, 5.41) is 11.2. The maximum atomic E-state index is 13.4. The number of benzene rings is 1. The molecule has 31 heavy (non-hydrogen) atoms. The fourth-order valence-electron chi connectivity index (χ4n) is 5.24. The average Bonchev–Trinajstić information content (AvgIpc) is 2.69. The van der Waals surface area contributed by atoms with Crippen molar-refractivity contribution in [3.05, 3.63) is 71.2 Å². The van der Waals surface area contributed by atoms with E-state index in [1.165, 1.54) is 5.56 Å². The minimum atomic E-state index is -0.654. The molecule has 0 radical (unpaired) electrons. The topological polar surface area (TPSA) is 72.5 Å². The van der Waals surface area contributed by atoms with E-state index in [1.54, 1.807) is 0 Å². The first-order chi connectivity index (χ1) is 14.6. The summed E-state index contributed by atoms with van der Waals surface area (Å²) in [6, 6.07) is 10.2. The van der Waals surface area contributed by atoms with Crippen LogP contribution in [0.4, 0.5) is 0 Å². The van der Waals surface area contributed by atoms with Gasteiger partial charge in [0, 0.05) is 18.0 Å². The summed E-state index contributed by atoms with van der Waals surface area (Å²) >= 11 is 0. The first-order valence-corrected chi connectivity index (χ1v) is 11.5. The second-order valence-corrected chi connectivity index (χ2v) is 10.2. The van der Waals surface area contributed by atoms with Crippen molar-refractivity contribution in [1.82, 2.24) is 0 Å². The summed E-state index contributed by atoms with van der Waals surface area (Å²) in [5.41, 5.74) is 7.66. The van der Waals surface area contributed by atoms with E-state index in [0.29, 0.717) is 24.8 Å². The smallest absolute Gasteiger partial charge is 0.338 e. The van der Waals surface area contributed by atoms with E-state index in [1.807, 2.05) is 30.4 Å². The van der Waals surface area contributed by atoms with Crippen molar-refractivity contribution < 1.29 is 14.6 Å². The van der Waals surface area contributed by atoms with Crippen LogP contribution in [0.3, 0.4) is 0 Å². The van der Waals surface area contributed by atoms with Crippen LogP contribution >= 0.6 is 0 Å². The number of carbonyl (C=O) groups excluding carboxylic acids is 1. The third-order valence-electron chi connectivity index (χ3n) is 6.56. The fraction of sp³-hybridized carbons (Fsp3) is 0.519. The molecule has 1 heterocycles. The van der Waals surface area contributed by atoms with Gasteiger partial charge in [0.05, 0.1) is 5.57 Å². The lowest BCUT2D eigenvalue weighted by Crippen LogP contribution is -2.44. The zero-order chi connectivity index (χ0) is 22.6. The number of allylic oxidation sites excluding steroid dienone is 4. The number of nitrogens with two attached hydrogens (primary N) is 1. The Hall–Kier alpha value is -2.49. The van der Waals surface area contributed by atoms with Gasteiger partial charge in [-0.2, -0.15) is 0 Å². The van der Waals surface area contributed by atoms with E-state index in [-0.39, 0.29) is 29.0 Å². The van der Waals surface area contributed by atoms with Gasteiger partial charge in [-0.3, -0.25) is 0 Å². The lowest BCUT2D eigenvalue weighted by atomic mass is 9.65. The maximum Gasteiger partial charge on any atom is 0.338 e. The third-order valence-corrected chi connectivity index (χ3v) is 6.56. The van der Waals surface area contributed by atoms with E-state index in [2.05, 4.69) is 45.9 Å². The standard InChI is InChI=1S/C27H37NO3/c1-5-15-27(16-14-19-10-7-6-8-11-19)18-22(29)23(25(30)31-27)24(26(2,3)4)20-12-9-13-21(28)17-20/h6-13,20,24,29H,5,14-18,28H2,1-4H3/t20?,24-,27+/m0/s1. The summed E-state index contributed by atoms with van der Waals surface area (Å²) in [4.78, 5) is 13.4. The summed E-state index contributed by atoms with van der Waals surface area (Å²) in [6.45, 7) is 8.42. The van der Waals surface area contributed by atoms with Crippen molar-refractivity contribution in [2.45, 2.75) is 71.8 Å². The molecule has 0 fully saturated rings. The second kappa shape index (κ2) is 9.33. The van der Waals surface area contributed by atoms with E-state index < -0.39 is 5.60 Å². The Morgan fingerprint density at radius 3 is 2.52 bits per heavy atom. The summed E-state index contributed by atoms with van der Waals surface area (Å²) < 4.78 is 6.19. The molecule has 0 aromatic heterocycles. The monoisotopic (exact) mass is 423 g/mol. The van der Waals surface area contributed by atoms with E-state index in [4.69, 9.17) is 10.5 Å². The molecule has 1 aliphatic heterocycles. The number of esters is 1. The normalized spacial score (nSPS) is 25.2. The molecule has 1 aromatic rings.